The smallest absolute Gasteiger partial charge is 0.290 e. The van der Waals surface area contributed by atoms with Gasteiger partial charge in [0.05, 0.1) is 6.10 Å². The van der Waals surface area contributed by atoms with Crippen LogP contribution in [0.5, 0.6) is 0 Å². The highest BCUT2D eigenvalue weighted by molar-refractivity contribution is 5.32. The summed E-state index contributed by atoms with van der Waals surface area (Å²) in [6, 6.07) is 0. The van der Waals surface area contributed by atoms with Crippen molar-refractivity contribution in [3.05, 3.63) is 0 Å². The van der Waals surface area contributed by atoms with Crippen molar-refractivity contribution in [1.29, 1.82) is 0 Å². The summed E-state index contributed by atoms with van der Waals surface area (Å²) < 4.78 is 0. The lowest BCUT2D eigenvalue weighted by molar-refractivity contribution is -0.122. The molecule has 0 aromatic carbocycles. The van der Waals surface area contributed by atoms with Crippen LogP contribution in [0.3, 0.4) is 0 Å². The maximum atomic E-state index is 9.29. The van der Waals surface area contributed by atoms with E-state index in [2.05, 4.69) is 20.8 Å². The topological polar surface area (TPSA) is 57.5 Å². The number of aliphatic hydroxyl groups excluding tert-OH is 1. The highest BCUT2D eigenvalue weighted by Crippen LogP contribution is 2.37. The van der Waals surface area contributed by atoms with Gasteiger partial charge in [0.25, 0.3) is 6.47 Å². The van der Waals surface area contributed by atoms with Gasteiger partial charge >= 0.3 is 0 Å². The molecule has 0 atom stereocenters. The first-order valence-corrected chi connectivity index (χ1v) is 5.17. The fourth-order valence-electron chi connectivity index (χ4n) is 1.94. The zero-order valence-corrected chi connectivity index (χ0v) is 9.36. The normalized spacial score (nSPS) is 27.4. The van der Waals surface area contributed by atoms with E-state index in [4.69, 9.17) is 9.90 Å². The van der Waals surface area contributed by atoms with E-state index in [-0.39, 0.29) is 12.6 Å². The van der Waals surface area contributed by atoms with Gasteiger partial charge in [0, 0.05) is 0 Å². The third-order valence-electron chi connectivity index (χ3n) is 2.92. The predicted octanol–water partition coefficient (Wildman–Crippen LogP) is 2.28. The van der Waals surface area contributed by atoms with Crippen LogP contribution in [0.25, 0.3) is 0 Å². The van der Waals surface area contributed by atoms with Gasteiger partial charge < -0.3 is 10.2 Å². The van der Waals surface area contributed by atoms with Crippen LogP contribution in [0.1, 0.15) is 46.5 Å². The first-order valence-electron chi connectivity index (χ1n) is 5.17. The Balaban J connectivity index is 0.000000500. The van der Waals surface area contributed by atoms with Crippen LogP contribution in [0, 0.1) is 11.3 Å². The van der Waals surface area contributed by atoms with Crippen molar-refractivity contribution in [3.63, 3.8) is 0 Å². The maximum Gasteiger partial charge on any atom is 0.290 e. The van der Waals surface area contributed by atoms with Gasteiger partial charge in [-0.3, -0.25) is 4.79 Å². The molecule has 1 saturated carbocycles. The molecule has 3 heteroatoms. The van der Waals surface area contributed by atoms with Gasteiger partial charge in [-0.2, -0.15) is 0 Å². The SMILES string of the molecule is CC(C)(C)C1CCC(O)CC1.O=CO. The van der Waals surface area contributed by atoms with Gasteiger partial charge in [0.15, 0.2) is 0 Å². The minimum Gasteiger partial charge on any atom is -0.483 e. The fraction of sp³-hybridized carbons (Fsp3) is 0.909. The summed E-state index contributed by atoms with van der Waals surface area (Å²) in [6.07, 6.45) is 4.45. The zero-order chi connectivity index (χ0) is 11.2. The summed E-state index contributed by atoms with van der Waals surface area (Å²) >= 11 is 0. The van der Waals surface area contributed by atoms with Gasteiger partial charge in [0.1, 0.15) is 0 Å². The minimum atomic E-state index is -0.250. The lowest BCUT2D eigenvalue weighted by Crippen LogP contribution is -2.27. The Kier molecular flexibility index (Phi) is 5.77. The second-order valence-corrected chi connectivity index (χ2v) is 4.98. The highest BCUT2D eigenvalue weighted by Gasteiger charge is 2.28. The third-order valence-corrected chi connectivity index (χ3v) is 2.92. The van der Waals surface area contributed by atoms with Gasteiger partial charge in [-0.05, 0) is 37.0 Å². The van der Waals surface area contributed by atoms with E-state index in [0.29, 0.717) is 5.41 Å². The van der Waals surface area contributed by atoms with Crippen LogP contribution in [0.15, 0.2) is 0 Å². The Hall–Kier alpha value is -0.570. The lowest BCUT2D eigenvalue weighted by atomic mass is 9.72. The molecule has 0 bridgehead atoms. The van der Waals surface area contributed by atoms with E-state index >= 15 is 0 Å². The predicted molar refractivity (Wildman–Crippen MR) is 56.1 cm³/mol. The molecule has 1 aliphatic rings. The first-order chi connectivity index (χ1) is 6.41. The molecule has 0 radical (unpaired) electrons. The van der Waals surface area contributed by atoms with Gasteiger partial charge in [-0.15, -0.1) is 0 Å². The lowest BCUT2D eigenvalue weighted by Gasteiger charge is -2.35. The molecule has 0 aliphatic heterocycles. The van der Waals surface area contributed by atoms with Crippen molar-refractivity contribution in [2.24, 2.45) is 11.3 Å². The maximum absolute atomic E-state index is 9.29. The Labute approximate surface area is 86.1 Å². The molecular formula is C11H22O3. The highest BCUT2D eigenvalue weighted by atomic mass is 16.3. The van der Waals surface area contributed by atoms with Gasteiger partial charge in [0.2, 0.25) is 0 Å². The summed E-state index contributed by atoms with van der Waals surface area (Å²) in [7, 11) is 0. The summed E-state index contributed by atoms with van der Waals surface area (Å²) in [5.41, 5.74) is 0.445. The molecule has 0 aromatic rings. The molecule has 0 amide bonds. The molecule has 2 N–H and O–H groups in total. The second-order valence-electron chi connectivity index (χ2n) is 4.98. The van der Waals surface area contributed by atoms with Crippen LogP contribution in [-0.2, 0) is 4.79 Å². The van der Waals surface area contributed by atoms with Crippen LogP contribution in [-0.4, -0.2) is 22.8 Å². The van der Waals surface area contributed by atoms with E-state index in [1.807, 2.05) is 0 Å². The van der Waals surface area contributed by atoms with Crippen LogP contribution in [0.4, 0.5) is 0 Å². The molecule has 84 valence electrons. The Morgan fingerprint density at radius 3 is 1.79 bits per heavy atom. The molecule has 1 aliphatic carbocycles. The molecule has 0 aromatic heterocycles. The molecule has 0 spiro atoms. The van der Waals surface area contributed by atoms with Crippen LogP contribution in [0.2, 0.25) is 0 Å². The molecular weight excluding hydrogens is 180 g/mol. The van der Waals surface area contributed by atoms with Crippen molar-refractivity contribution >= 4 is 6.47 Å². The molecule has 1 rings (SSSR count). The summed E-state index contributed by atoms with van der Waals surface area (Å²) in [4.78, 5) is 8.36. The molecule has 14 heavy (non-hydrogen) atoms. The van der Waals surface area contributed by atoms with Crippen molar-refractivity contribution in [2.45, 2.75) is 52.6 Å². The number of carbonyl (C=O) groups is 1. The van der Waals surface area contributed by atoms with Gasteiger partial charge in [-0.1, -0.05) is 20.8 Å². The van der Waals surface area contributed by atoms with Gasteiger partial charge in [-0.25, -0.2) is 0 Å². The van der Waals surface area contributed by atoms with E-state index in [0.717, 1.165) is 18.8 Å². The zero-order valence-electron chi connectivity index (χ0n) is 9.36. The molecule has 3 nitrogen and oxygen atoms in total. The fourth-order valence-corrected chi connectivity index (χ4v) is 1.94. The monoisotopic (exact) mass is 202 g/mol. The van der Waals surface area contributed by atoms with Crippen molar-refractivity contribution in [2.75, 3.05) is 0 Å². The number of hydrogen-bond donors (Lipinski definition) is 2. The molecule has 0 heterocycles. The van der Waals surface area contributed by atoms with Crippen molar-refractivity contribution in [3.8, 4) is 0 Å². The number of rotatable bonds is 0. The summed E-state index contributed by atoms with van der Waals surface area (Å²) in [5.74, 6) is 0.825. The molecule has 0 saturated heterocycles. The molecule has 1 fully saturated rings. The van der Waals surface area contributed by atoms with Crippen LogP contribution < -0.4 is 0 Å². The molecule has 0 unspecified atom stereocenters. The number of aliphatic hydroxyl groups is 1. The second kappa shape index (κ2) is 6.02. The van der Waals surface area contributed by atoms with Crippen LogP contribution >= 0.6 is 0 Å². The third kappa shape index (κ3) is 5.22. The van der Waals surface area contributed by atoms with E-state index in [1.165, 1.54) is 12.8 Å². The summed E-state index contributed by atoms with van der Waals surface area (Å²) in [5, 5.41) is 16.2. The van der Waals surface area contributed by atoms with Crippen molar-refractivity contribution in [1.82, 2.24) is 0 Å². The van der Waals surface area contributed by atoms with E-state index < -0.39 is 0 Å². The summed E-state index contributed by atoms with van der Waals surface area (Å²) in [6.45, 7) is 6.65. The average molecular weight is 202 g/mol. The quantitative estimate of drug-likeness (QED) is 0.592. The van der Waals surface area contributed by atoms with Crippen molar-refractivity contribution < 1.29 is 15.0 Å². The average Bonchev–Trinajstić information content (AvgIpc) is 2.04. The Morgan fingerprint density at radius 2 is 1.50 bits per heavy atom. The largest absolute Gasteiger partial charge is 0.483 e. The minimum absolute atomic E-state index is 0.00593. The van der Waals surface area contributed by atoms with E-state index in [9.17, 15) is 5.11 Å². The number of carboxylic acid groups (broad SMARTS) is 1. The van der Waals surface area contributed by atoms with E-state index in [1.54, 1.807) is 0 Å². The number of hydrogen-bond acceptors (Lipinski definition) is 2. The first kappa shape index (κ1) is 13.4. The standard InChI is InChI=1S/C10H20O.CH2O2/c1-10(2,3)8-4-6-9(11)7-5-8;2-1-3/h8-9,11H,4-7H2,1-3H3;1H,(H,2,3). The Bertz CT molecular complexity index is 152. The Morgan fingerprint density at radius 1 is 1.14 bits per heavy atom.